The number of nitrogens with zero attached hydrogens (tertiary/aromatic N) is 3. The maximum Gasteiger partial charge on any atom is 0.0955 e. The Morgan fingerprint density at radius 2 is 2.29 bits per heavy atom. The van der Waals surface area contributed by atoms with Gasteiger partial charge < -0.3 is 4.57 Å². The molecule has 0 aliphatic rings. The number of hydrogen-bond acceptors (Lipinski definition) is 3. The number of imidazole rings is 1. The predicted octanol–water partition coefficient (Wildman–Crippen LogP) is 3.39. The van der Waals surface area contributed by atoms with Crippen LogP contribution < -0.4 is 0 Å². The van der Waals surface area contributed by atoms with Gasteiger partial charge in [-0.05, 0) is 29.6 Å². The van der Waals surface area contributed by atoms with Gasteiger partial charge in [0.05, 0.1) is 23.0 Å². The first-order valence-electron chi connectivity index (χ1n) is 5.31. The third-order valence-corrected chi connectivity index (χ3v) is 3.40. The van der Waals surface area contributed by atoms with Crippen molar-refractivity contribution >= 4 is 34.3 Å². The fourth-order valence-electron chi connectivity index (χ4n) is 1.71. The molecule has 0 saturated heterocycles. The molecule has 4 heteroatoms. The number of aryl methyl sites for hydroxylation is 1. The van der Waals surface area contributed by atoms with Crippen LogP contribution in [0.4, 0.5) is 5.69 Å². The minimum Gasteiger partial charge on any atom is -0.334 e. The molecule has 0 radical (unpaired) electrons. The fraction of sp³-hybridized carbons (Fsp3) is 0.0769. The summed E-state index contributed by atoms with van der Waals surface area (Å²) in [6.07, 6.45) is 3.70. The molecule has 0 fully saturated rings. The summed E-state index contributed by atoms with van der Waals surface area (Å²) in [5.74, 6) is 0. The van der Waals surface area contributed by atoms with E-state index in [0.29, 0.717) is 0 Å². The van der Waals surface area contributed by atoms with E-state index in [0.717, 1.165) is 21.6 Å². The summed E-state index contributed by atoms with van der Waals surface area (Å²) >= 11 is 1.68. The van der Waals surface area contributed by atoms with Crippen molar-refractivity contribution in [2.24, 2.45) is 12.0 Å². The Kier molecular flexibility index (Phi) is 2.49. The van der Waals surface area contributed by atoms with Crippen molar-refractivity contribution in [1.29, 1.82) is 0 Å². The lowest BCUT2D eigenvalue weighted by molar-refractivity contribution is 0.948. The predicted molar refractivity (Wildman–Crippen MR) is 72.3 cm³/mol. The van der Waals surface area contributed by atoms with E-state index in [1.165, 1.54) is 0 Å². The van der Waals surface area contributed by atoms with Crippen molar-refractivity contribution in [3.8, 4) is 0 Å². The molecule has 0 amide bonds. The molecule has 17 heavy (non-hydrogen) atoms. The van der Waals surface area contributed by atoms with Crippen LogP contribution in [-0.2, 0) is 7.05 Å². The van der Waals surface area contributed by atoms with Crippen LogP contribution in [0.2, 0.25) is 0 Å². The standard InChI is InChI=1S/C13H11N3S/c1-16-9-15-12-7-10(4-5-13(12)16)14-8-11-3-2-6-17-11/h2-9H,1H3. The molecular weight excluding hydrogens is 230 g/mol. The SMILES string of the molecule is Cn1cnc2cc(N=Cc3cccs3)ccc21. The van der Waals surface area contributed by atoms with Gasteiger partial charge in [-0.1, -0.05) is 6.07 Å². The number of thiophene rings is 1. The summed E-state index contributed by atoms with van der Waals surface area (Å²) in [7, 11) is 1.99. The van der Waals surface area contributed by atoms with E-state index in [1.54, 1.807) is 11.3 Å². The van der Waals surface area contributed by atoms with Crippen LogP contribution in [0.3, 0.4) is 0 Å². The lowest BCUT2D eigenvalue weighted by atomic mass is 10.3. The van der Waals surface area contributed by atoms with Crippen molar-refractivity contribution in [2.75, 3.05) is 0 Å². The maximum atomic E-state index is 4.44. The van der Waals surface area contributed by atoms with Gasteiger partial charge in [-0.15, -0.1) is 11.3 Å². The van der Waals surface area contributed by atoms with E-state index in [9.17, 15) is 0 Å². The summed E-state index contributed by atoms with van der Waals surface area (Å²) < 4.78 is 2.00. The molecule has 3 rings (SSSR count). The molecule has 84 valence electrons. The Morgan fingerprint density at radius 1 is 1.35 bits per heavy atom. The molecule has 2 aromatic heterocycles. The van der Waals surface area contributed by atoms with Crippen molar-refractivity contribution < 1.29 is 0 Å². The largest absolute Gasteiger partial charge is 0.334 e. The van der Waals surface area contributed by atoms with E-state index in [2.05, 4.69) is 9.98 Å². The molecule has 0 atom stereocenters. The number of fused-ring (bicyclic) bond motifs is 1. The second kappa shape index (κ2) is 4.14. The molecule has 1 aromatic carbocycles. The zero-order valence-corrected chi connectivity index (χ0v) is 10.2. The maximum absolute atomic E-state index is 4.44. The third-order valence-electron chi connectivity index (χ3n) is 2.59. The topological polar surface area (TPSA) is 30.2 Å². The van der Waals surface area contributed by atoms with Crippen LogP contribution in [0.5, 0.6) is 0 Å². The summed E-state index contributed by atoms with van der Waals surface area (Å²) in [6, 6.07) is 10.1. The lowest BCUT2D eigenvalue weighted by Crippen LogP contribution is -1.82. The first-order valence-corrected chi connectivity index (χ1v) is 6.19. The van der Waals surface area contributed by atoms with Gasteiger partial charge in [0.15, 0.2) is 0 Å². The van der Waals surface area contributed by atoms with Gasteiger partial charge in [0.1, 0.15) is 0 Å². The van der Waals surface area contributed by atoms with Crippen LogP contribution >= 0.6 is 11.3 Å². The number of hydrogen-bond donors (Lipinski definition) is 0. The highest BCUT2D eigenvalue weighted by atomic mass is 32.1. The minimum absolute atomic E-state index is 0.935. The molecule has 0 saturated carbocycles. The summed E-state index contributed by atoms with van der Waals surface area (Å²) in [4.78, 5) is 9.92. The van der Waals surface area contributed by atoms with Crippen molar-refractivity contribution in [1.82, 2.24) is 9.55 Å². The monoisotopic (exact) mass is 241 g/mol. The molecular formula is C13H11N3S. The van der Waals surface area contributed by atoms with E-state index >= 15 is 0 Å². The van der Waals surface area contributed by atoms with Crippen LogP contribution in [0.1, 0.15) is 4.88 Å². The summed E-state index contributed by atoms with van der Waals surface area (Å²) in [5.41, 5.74) is 3.04. The van der Waals surface area contributed by atoms with Gasteiger partial charge in [-0.3, -0.25) is 4.99 Å². The van der Waals surface area contributed by atoms with Crippen LogP contribution in [0.15, 0.2) is 47.0 Å². The van der Waals surface area contributed by atoms with Gasteiger partial charge in [-0.25, -0.2) is 4.98 Å². The van der Waals surface area contributed by atoms with Crippen molar-refractivity contribution in [2.45, 2.75) is 0 Å². The van der Waals surface area contributed by atoms with Crippen molar-refractivity contribution in [3.63, 3.8) is 0 Å². The van der Waals surface area contributed by atoms with Gasteiger partial charge in [0.2, 0.25) is 0 Å². The van der Waals surface area contributed by atoms with Gasteiger partial charge in [-0.2, -0.15) is 0 Å². The first-order chi connectivity index (χ1) is 8.33. The summed E-state index contributed by atoms with van der Waals surface area (Å²) in [5, 5.41) is 2.04. The number of aliphatic imine (C=N–C) groups is 1. The Morgan fingerprint density at radius 3 is 3.12 bits per heavy atom. The van der Waals surface area contributed by atoms with Gasteiger partial charge in [0.25, 0.3) is 0 Å². The lowest BCUT2D eigenvalue weighted by Gasteiger charge is -1.95. The molecule has 0 spiro atoms. The second-order valence-electron chi connectivity index (χ2n) is 3.80. The Labute approximate surface area is 103 Å². The molecule has 0 bridgehead atoms. The molecule has 0 aliphatic carbocycles. The van der Waals surface area contributed by atoms with Crippen LogP contribution in [0.25, 0.3) is 11.0 Å². The average Bonchev–Trinajstić information content (AvgIpc) is 2.97. The van der Waals surface area contributed by atoms with E-state index in [4.69, 9.17) is 0 Å². The van der Waals surface area contributed by atoms with Crippen molar-refractivity contribution in [3.05, 3.63) is 46.9 Å². The van der Waals surface area contributed by atoms with Gasteiger partial charge >= 0.3 is 0 Å². The Hall–Kier alpha value is -1.94. The minimum atomic E-state index is 0.935. The third kappa shape index (κ3) is 1.99. The number of benzene rings is 1. The molecule has 3 nitrogen and oxygen atoms in total. The molecule has 2 heterocycles. The van der Waals surface area contributed by atoms with Gasteiger partial charge in [0, 0.05) is 18.1 Å². The fourth-order valence-corrected chi connectivity index (χ4v) is 2.29. The van der Waals surface area contributed by atoms with E-state index in [-0.39, 0.29) is 0 Å². The number of rotatable bonds is 2. The molecule has 0 aliphatic heterocycles. The molecule has 0 unspecified atom stereocenters. The molecule has 3 aromatic rings. The van der Waals surface area contributed by atoms with E-state index < -0.39 is 0 Å². The molecule has 0 N–H and O–H groups in total. The Balaban J connectivity index is 1.96. The summed E-state index contributed by atoms with van der Waals surface area (Å²) in [6.45, 7) is 0. The zero-order chi connectivity index (χ0) is 11.7. The average molecular weight is 241 g/mol. The first kappa shape index (κ1) is 10.2. The second-order valence-corrected chi connectivity index (χ2v) is 4.78. The van der Waals surface area contributed by atoms with Crippen LogP contribution in [-0.4, -0.2) is 15.8 Å². The zero-order valence-electron chi connectivity index (χ0n) is 9.37. The highest BCUT2D eigenvalue weighted by Crippen LogP contribution is 2.20. The van der Waals surface area contributed by atoms with E-state index in [1.807, 2.05) is 59.9 Å². The quantitative estimate of drug-likeness (QED) is 0.632. The normalized spacial score (nSPS) is 11.6. The van der Waals surface area contributed by atoms with Crippen LogP contribution in [0, 0.1) is 0 Å². The highest BCUT2D eigenvalue weighted by molar-refractivity contribution is 7.11. The number of aromatic nitrogens is 2. The Bertz CT molecular complexity index is 665. The highest BCUT2D eigenvalue weighted by Gasteiger charge is 1.99. The smallest absolute Gasteiger partial charge is 0.0955 e.